The topological polar surface area (TPSA) is 108 Å². The fourth-order valence-corrected chi connectivity index (χ4v) is 1.89. The van der Waals surface area contributed by atoms with Gasteiger partial charge in [-0.1, -0.05) is 11.6 Å². The molecule has 2 amide bonds. The molecule has 4 N–H and O–H groups in total. The first kappa shape index (κ1) is 17.1. The molecular formula is C17H13ClN4O2. The monoisotopic (exact) mass is 340 g/mol. The van der Waals surface area contributed by atoms with Crippen molar-refractivity contribution < 1.29 is 9.59 Å². The quantitative estimate of drug-likeness (QED) is 0.574. The summed E-state index contributed by atoms with van der Waals surface area (Å²) in [5, 5.41) is 15.1. The molecule has 0 spiro atoms. The number of nitrogens with one attached hydrogen (secondary N) is 2. The number of nitriles is 1. The molecule has 0 unspecified atom stereocenters. The molecule has 0 saturated heterocycles. The summed E-state index contributed by atoms with van der Waals surface area (Å²) >= 11 is 5.77. The Morgan fingerprint density at radius 2 is 1.62 bits per heavy atom. The number of hydrogen-bond donors (Lipinski definition) is 3. The minimum Gasteiger partial charge on any atom is -0.366 e. The van der Waals surface area contributed by atoms with Gasteiger partial charge in [-0.25, -0.2) is 0 Å². The van der Waals surface area contributed by atoms with Gasteiger partial charge in [0.05, 0.1) is 0 Å². The molecule has 6 nitrogen and oxygen atoms in total. The van der Waals surface area contributed by atoms with Crippen LogP contribution in [0.5, 0.6) is 0 Å². The van der Waals surface area contributed by atoms with Crippen LogP contribution in [0, 0.1) is 11.3 Å². The summed E-state index contributed by atoms with van der Waals surface area (Å²) in [6.45, 7) is 0. The van der Waals surface area contributed by atoms with E-state index in [1.165, 1.54) is 6.20 Å². The highest BCUT2D eigenvalue weighted by Crippen LogP contribution is 2.14. The maximum Gasteiger partial charge on any atom is 0.267 e. The Morgan fingerprint density at radius 1 is 1.04 bits per heavy atom. The third kappa shape index (κ3) is 4.60. The van der Waals surface area contributed by atoms with Gasteiger partial charge < -0.3 is 16.4 Å². The van der Waals surface area contributed by atoms with E-state index in [1.807, 2.05) is 6.07 Å². The Hall–Kier alpha value is -3.30. The number of halogens is 1. The van der Waals surface area contributed by atoms with Crippen LogP contribution in [0.4, 0.5) is 11.4 Å². The van der Waals surface area contributed by atoms with Crippen LogP contribution in [-0.2, 0) is 4.79 Å². The molecular weight excluding hydrogens is 328 g/mol. The first-order valence-electron chi connectivity index (χ1n) is 6.83. The van der Waals surface area contributed by atoms with Crippen molar-refractivity contribution in [2.45, 2.75) is 0 Å². The lowest BCUT2D eigenvalue weighted by atomic mass is 10.2. The van der Waals surface area contributed by atoms with E-state index in [9.17, 15) is 9.59 Å². The SMILES string of the molecule is N#C/C(=C/Nc1ccc(C(N)=O)cc1)C(=O)Nc1ccc(Cl)cc1. The number of carbonyl (C=O) groups is 2. The van der Waals surface area contributed by atoms with Gasteiger partial charge >= 0.3 is 0 Å². The molecule has 2 aromatic carbocycles. The van der Waals surface area contributed by atoms with E-state index in [4.69, 9.17) is 22.6 Å². The van der Waals surface area contributed by atoms with Gasteiger partial charge in [0.25, 0.3) is 5.91 Å². The molecule has 0 aromatic heterocycles. The highest BCUT2D eigenvalue weighted by Gasteiger charge is 2.09. The standard InChI is InChI=1S/C17H13ClN4O2/c18-13-3-7-15(8-4-13)22-17(24)12(9-19)10-21-14-5-1-11(2-6-14)16(20)23/h1-8,10,21H,(H2,20,23)(H,22,24)/b12-10-. The first-order valence-corrected chi connectivity index (χ1v) is 7.21. The van der Waals surface area contributed by atoms with Crippen molar-refractivity contribution >= 4 is 34.8 Å². The molecule has 7 heteroatoms. The van der Waals surface area contributed by atoms with Crippen molar-refractivity contribution in [3.8, 4) is 6.07 Å². The molecule has 0 aliphatic carbocycles. The predicted molar refractivity (Wildman–Crippen MR) is 92.4 cm³/mol. The van der Waals surface area contributed by atoms with Crippen molar-refractivity contribution in [1.29, 1.82) is 5.26 Å². The van der Waals surface area contributed by atoms with Crippen LogP contribution < -0.4 is 16.4 Å². The molecule has 0 radical (unpaired) electrons. The molecule has 0 saturated carbocycles. The number of rotatable bonds is 5. The predicted octanol–water partition coefficient (Wildman–Crippen LogP) is 2.90. The van der Waals surface area contributed by atoms with Crippen LogP contribution >= 0.6 is 11.6 Å². The van der Waals surface area contributed by atoms with Crippen LogP contribution in [0.1, 0.15) is 10.4 Å². The van der Waals surface area contributed by atoms with E-state index in [1.54, 1.807) is 48.5 Å². The van der Waals surface area contributed by atoms with Gasteiger partial charge in [0, 0.05) is 28.2 Å². The van der Waals surface area contributed by atoms with E-state index in [0.29, 0.717) is 22.0 Å². The van der Waals surface area contributed by atoms with E-state index in [0.717, 1.165) is 0 Å². The Morgan fingerprint density at radius 3 is 2.17 bits per heavy atom. The highest BCUT2D eigenvalue weighted by atomic mass is 35.5. The van der Waals surface area contributed by atoms with Gasteiger partial charge in [0.1, 0.15) is 11.6 Å². The minimum atomic E-state index is -0.555. The van der Waals surface area contributed by atoms with Crippen LogP contribution in [0.25, 0.3) is 0 Å². The van der Waals surface area contributed by atoms with Crippen molar-refractivity contribution in [3.63, 3.8) is 0 Å². The van der Waals surface area contributed by atoms with Crippen molar-refractivity contribution in [2.75, 3.05) is 10.6 Å². The molecule has 0 bridgehead atoms. The lowest BCUT2D eigenvalue weighted by Gasteiger charge is -2.05. The second-order valence-corrected chi connectivity index (χ2v) is 5.15. The van der Waals surface area contributed by atoms with Crippen molar-refractivity contribution in [1.82, 2.24) is 0 Å². The summed E-state index contributed by atoms with van der Waals surface area (Å²) in [5.41, 5.74) is 6.54. The summed E-state index contributed by atoms with van der Waals surface area (Å²) < 4.78 is 0. The number of carbonyl (C=O) groups excluding carboxylic acids is 2. The maximum atomic E-state index is 12.1. The number of amides is 2. The Balaban J connectivity index is 2.05. The first-order chi connectivity index (χ1) is 11.5. The second kappa shape index (κ2) is 7.81. The largest absolute Gasteiger partial charge is 0.366 e. The van der Waals surface area contributed by atoms with Crippen LogP contribution in [0.15, 0.2) is 60.3 Å². The van der Waals surface area contributed by atoms with Gasteiger partial charge in [-0.05, 0) is 48.5 Å². The molecule has 120 valence electrons. The average molecular weight is 341 g/mol. The van der Waals surface area contributed by atoms with E-state index >= 15 is 0 Å². The van der Waals surface area contributed by atoms with Crippen molar-refractivity contribution in [3.05, 3.63) is 70.9 Å². The zero-order chi connectivity index (χ0) is 17.5. The lowest BCUT2D eigenvalue weighted by molar-refractivity contribution is -0.112. The molecule has 0 heterocycles. The van der Waals surface area contributed by atoms with Gasteiger partial charge in [0.2, 0.25) is 5.91 Å². The molecule has 24 heavy (non-hydrogen) atoms. The fourth-order valence-electron chi connectivity index (χ4n) is 1.77. The van der Waals surface area contributed by atoms with Crippen LogP contribution in [-0.4, -0.2) is 11.8 Å². The summed E-state index contributed by atoms with van der Waals surface area (Å²) in [5.74, 6) is -1.08. The number of nitrogens with two attached hydrogens (primary N) is 1. The number of benzene rings is 2. The fraction of sp³-hybridized carbons (Fsp3) is 0. The van der Waals surface area contributed by atoms with Gasteiger partial charge in [-0.15, -0.1) is 0 Å². The summed E-state index contributed by atoms with van der Waals surface area (Å²) in [6.07, 6.45) is 1.28. The Bertz CT molecular complexity index is 821. The Kier molecular flexibility index (Phi) is 5.55. The number of primary amides is 1. The molecule has 0 aliphatic heterocycles. The maximum absolute atomic E-state index is 12.1. The number of anilines is 2. The minimum absolute atomic E-state index is 0.107. The third-order valence-electron chi connectivity index (χ3n) is 3.02. The molecule has 2 rings (SSSR count). The highest BCUT2D eigenvalue weighted by molar-refractivity contribution is 6.30. The van der Waals surface area contributed by atoms with Crippen LogP contribution in [0.3, 0.4) is 0 Å². The smallest absolute Gasteiger partial charge is 0.267 e. The van der Waals surface area contributed by atoms with Gasteiger partial charge in [-0.3, -0.25) is 9.59 Å². The number of nitrogens with zero attached hydrogens (tertiary/aromatic N) is 1. The average Bonchev–Trinajstić information content (AvgIpc) is 2.58. The zero-order valence-electron chi connectivity index (χ0n) is 12.4. The zero-order valence-corrected chi connectivity index (χ0v) is 13.2. The van der Waals surface area contributed by atoms with Crippen molar-refractivity contribution in [2.24, 2.45) is 5.73 Å². The van der Waals surface area contributed by atoms with Crippen LogP contribution in [0.2, 0.25) is 5.02 Å². The molecule has 0 atom stereocenters. The van der Waals surface area contributed by atoms with Gasteiger partial charge in [-0.2, -0.15) is 5.26 Å². The number of hydrogen-bond acceptors (Lipinski definition) is 4. The second-order valence-electron chi connectivity index (χ2n) is 4.72. The molecule has 2 aromatic rings. The third-order valence-corrected chi connectivity index (χ3v) is 3.27. The molecule has 0 fully saturated rings. The van der Waals surface area contributed by atoms with Gasteiger partial charge in [0.15, 0.2) is 0 Å². The summed E-state index contributed by atoms with van der Waals surface area (Å²) in [7, 11) is 0. The van der Waals surface area contributed by atoms with E-state index in [-0.39, 0.29) is 5.57 Å². The Labute approximate surface area is 143 Å². The lowest BCUT2D eigenvalue weighted by Crippen LogP contribution is -2.14. The van der Waals surface area contributed by atoms with E-state index < -0.39 is 11.8 Å². The normalized spacial score (nSPS) is 10.6. The summed E-state index contributed by atoms with van der Waals surface area (Å²) in [6, 6.07) is 14.6. The summed E-state index contributed by atoms with van der Waals surface area (Å²) in [4.78, 5) is 23.1. The molecule has 0 aliphatic rings. The van der Waals surface area contributed by atoms with E-state index in [2.05, 4.69) is 10.6 Å².